The number of benzene rings is 1. The van der Waals surface area contributed by atoms with Crippen molar-refractivity contribution in [3.8, 4) is 0 Å². The first-order chi connectivity index (χ1) is 8.27. The summed E-state index contributed by atoms with van der Waals surface area (Å²) in [6.07, 6.45) is 5.03. The average Bonchev–Trinajstić information content (AvgIpc) is 3.07. The normalized spacial score (nSPS) is 24.1. The quantitative estimate of drug-likeness (QED) is 0.763. The first kappa shape index (κ1) is 10.8. The Morgan fingerprint density at radius 1 is 1.24 bits per heavy atom. The van der Waals surface area contributed by atoms with Crippen molar-refractivity contribution >= 4 is 5.91 Å². The Morgan fingerprint density at radius 2 is 2.00 bits per heavy atom. The molecule has 0 N–H and O–H groups in total. The lowest BCUT2D eigenvalue weighted by Crippen LogP contribution is -2.37. The van der Waals surface area contributed by atoms with Gasteiger partial charge in [0.1, 0.15) is 0 Å². The Balaban J connectivity index is 1.84. The van der Waals surface area contributed by atoms with Crippen LogP contribution in [0, 0.1) is 12.8 Å². The van der Waals surface area contributed by atoms with Crippen LogP contribution in [0.4, 0.5) is 0 Å². The summed E-state index contributed by atoms with van der Waals surface area (Å²) in [6, 6.07) is 8.47. The molecule has 1 atom stereocenters. The second-order valence-corrected chi connectivity index (χ2v) is 5.36. The van der Waals surface area contributed by atoms with Crippen molar-refractivity contribution in [2.75, 3.05) is 6.54 Å². The maximum atomic E-state index is 12.5. The zero-order valence-electron chi connectivity index (χ0n) is 10.4. The summed E-state index contributed by atoms with van der Waals surface area (Å²) >= 11 is 0. The molecule has 1 unspecified atom stereocenters. The van der Waals surface area contributed by atoms with Crippen molar-refractivity contribution in [1.82, 2.24) is 4.90 Å². The molecule has 1 aromatic carbocycles. The van der Waals surface area contributed by atoms with Gasteiger partial charge in [0.2, 0.25) is 0 Å². The van der Waals surface area contributed by atoms with E-state index in [9.17, 15) is 4.79 Å². The maximum absolute atomic E-state index is 12.5. The van der Waals surface area contributed by atoms with Crippen molar-refractivity contribution in [3.63, 3.8) is 0 Å². The first-order valence-electron chi connectivity index (χ1n) is 6.64. The fourth-order valence-electron chi connectivity index (χ4n) is 2.98. The monoisotopic (exact) mass is 229 g/mol. The van der Waals surface area contributed by atoms with Crippen LogP contribution in [0.1, 0.15) is 41.6 Å². The van der Waals surface area contributed by atoms with Crippen molar-refractivity contribution < 1.29 is 4.79 Å². The van der Waals surface area contributed by atoms with E-state index in [1.54, 1.807) is 0 Å². The van der Waals surface area contributed by atoms with E-state index in [-0.39, 0.29) is 5.91 Å². The van der Waals surface area contributed by atoms with E-state index < -0.39 is 0 Å². The van der Waals surface area contributed by atoms with Crippen molar-refractivity contribution in [2.45, 2.75) is 38.6 Å². The van der Waals surface area contributed by atoms with Crippen LogP contribution in [-0.2, 0) is 0 Å². The van der Waals surface area contributed by atoms with E-state index >= 15 is 0 Å². The predicted molar refractivity (Wildman–Crippen MR) is 68.0 cm³/mol. The number of nitrogens with zero attached hydrogens (tertiary/aromatic N) is 1. The van der Waals surface area contributed by atoms with E-state index in [0.717, 1.165) is 23.6 Å². The molecule has 2 fully saturated rings. The van der Waals surface area contributed by atoms with Crippen molar-refractivity contribution in [2.24, 2.45) is 5.92 Å². The summed E-state index contributed by atoms with van der Waals surface area (Å²) in [6.45, 7) is 2.98. The maximum Gasteiger partial charge on any atom is 0.254 e. The number of carbonyl (C=O) groups excluding carboxylic acids is 1. The molecule has 0 bridgehead atoms. The van der Waals surface area contributed by atoms with Crippen LogP contribution in [0.5, 0.6) is 0 Å². The highest BCUT2D eigenvalue weighted by Crippen LogP contribution is 2.40. The predicted octanol–water partition coefficient (Wildman–Crippen LogP) is 3.01. The number of rotatable bonds is 2. The fraction of sp³-hybridized carbons (Fsp3) is 0.533. The summed E-state index contributed by atoms with van der Waals surface area (Å²) in [5.41, 5.74) is 1.99. The third-order valence-electron chi connectivity index (χ3n) is 4.10. The fourth-order valence-corrected chi connectivity index (χ4v) is 2.98. The molecule has 1 aliphatic carbocycles. The van der Waals surface area contributed by atoms with E-state index in [4.69, 9.17) is 0 Å². The molecule has 0 radical (unpaired) electrons. The molecule has 1 amide bonds. The van der Waals surface area contributed by atoms with Gasteiger partial charge in [-0.3, -0.25) is 4.79 Å². The van der Waals surface area contributed by atoms with Gasteiger partial charge in [-0.15, -0.1) is 0 Å². The molecule has 2 aliphatic rings. The zero-order chi connectivity index (χ0) is 11.8. The van der Waals surface area contributed by atoms with Crippen LogP contribution < -0.4 is 0 Å². The summed E-state index contributed by atoms with van der Waals surface area (Å²) in [5.74, 6) is 1.04. The van der Waals surface area contributed by atoms with Gasteiger partial charge in [0.05, 0.1) is 0 Å². The van der Waals surface area contributed by atoms with Gasteiger partial charge in [-0.1, -0.05) is 18.2 Å². The van der Waals surface area contributed by atoms with Gasteiger partial charge in [0.15, 0.2) is 0 Å². The van der Waals surface area contributed by atoms with E-state index in [1.165, 1.54) is 25.7 Å². The molecule has 1 saturated carbocycles. The molecule has 2 heteroatoms. The van der Waals surface area contributed by atoms with Gasteiger partial charge in [-0.25, -0.2) is 0 Å². The number of likely N-dealkylation sites (tertiary alicyclic amines) is 1. The topological polar surface area (TPSA) is 20.3 Å². The number of hydrogen-bond acceptors (Lipinski definition) is 1. The third-order valence-corrected chi connectivity index (χ3v) is 4.10. The van der Waals surface area contributed by atoms with E-state index in [2.05, 4.69) is 4.90 Å². The number of hydrogen-bond donors (Lipinski definition) is 0. The lowest BCUT2D eigenvalue weighted by Gasteiger charge is -2.25. The summed E-state index contributed by atoms with van der Waals surface area (Å²) in [7, 11) is 0. The standard InChI is InChI=1S/C15H19NO/c1-11-5-2-3-6-13(11)15(17)16-10-4-7-14(16)12-8-9-12/h2-3,5-6,12,14H,4,7-10H2,1H3. The summed E-state index contributed by atoms with van der Waals surface area (Å²) in [4.78, 5) is 14.7. The average molecular weight is 229 g/mol. The molecular weight excluding hydrogens is 210 g/mol. The minimum Gasteiger partial charge on any atom is -0.335 e. The lowest BCUT2D eigenvalue weighted by molar-refractivity contribution is 0.0720. The van der Waals surface area contributed by atoms with Gasteiger partial charge in [-0.05, 0) is 50.2 Å². The molecule has 0 spiro atoms. The molecule has 1 heterocycles. The highest BCUT2D eigenvalue weighted by molar-refractivity contribution is 5.96. The smallest absolute Gasteiger partial charge is 0.254 e. The molecule has 17 heavy (non-hydrogen) atoms. The van der Waals surface area contributed by atoms with Crippen LogP contribution >= 0.6 is 0 Å². The zero-order valence-corrected chi connectivity index (χ0v) is 10.4. The number of carbonyl (C=O) groups is 1. The van der Waals surface area contributed by atoms with Crippen molar-refractivity contribution in [3.05, 3.63) is 35.4 Å². The van der Waals surface area contributed by atoms with E-state index in [0.29, 0.717) is 6.04 Å². The summed E-state index contributed by atoms with van der Waals surface area (Å²) < 4.78 is 0. The third kappa shape index (κ3) is 1.97. The largest absolute Gasteiger partial charge is 0.335 e. The lowest BCUT2D eigenvalue weighted by atomic mass is 10.1. The second-order valence-electron chi connectivity index (χ2n) is 5.36. The molecule has 1 saturated heterocycles. The van der Waals surface area contributed by atoms with Crippen LogP contribution in [0.2, 0.25) is 0 Å². The van der Waals surface area contributed by atoms with Crippen LogP contribution in [-0.4, -0.2) is 23.4 Å². The van der Waals surface area contributed by atoms with E-state index in [1.807, 2.05) is 31.2 Å². The van der Waals surface area contributed by atoms with Crippen molar-refractivity contribution in [1.29, 1.82) is 0 Å². The highest BCUT2D eigenvalue weighted by Gasteiger charge is 2.40. The first-order valence-corrected chi connectivity index (χ1v) is 6.64. The van der Waals surface area contributed by atoms with Gasteiger partial charge >= 0.3 is 0 Å². The van der Waals surface area contributed by atoms with Crippen LogP contribution in [0.15, 0.2) is 24.3 Å². The molecule has 0 aromatic heterocycles. The van der Waals surface area contributed by atoms with Gasteiger partial charge in [0, 0.05) is 18.2 Å². The van der Waals surface area contributed by atoms with Gasteiger partial charge < -0.3 is 4.90 Å². The van der Waals surface area contributed by atoms with Gasteiger partial charge in [0.25, 0.3) is 5.91 Å². The Hall–Kier alpha value is -1.31. The molecule has 3 rings (SSSR count). The Bertz CT molecular complexity index is 436. The second kappa shape index (κ2) is 4.17. The SMILES string of the molecule is Cc1ccccc1C(=O)N1CCCC1C1CC1. The highest BCUT2D eigenvalue weighted by atomic mass is 16.2. The molecule has 1 aliphatic heterocycles. The van der Waals surface area contributed by atoms with Crippen LogP contribution in [0.25, 0.3) is 0 Å². The summed E-state index contributed by atoms with van der Waals surface area (Å²) in [5, 5.41) is 0. The minimum atomic E-state index is 0.248. The Morgan fingerprint density at radius 3 is 2.71 bits per heavy atom. The van der Waals surface area contributed by atoms with Gasteiger partial charge in [-0.2, -0.15) is 0 Å². The minimum absolute atomic E-state index is 0.248. The molecular formula is C15H19NO. The Kier molecular flexibility index (Phi) is 2.65. The molecule has 2 nitrogen and oxygen atoms in total. The molecule has 90 valence electrons. The number of aryl methyl sites for hydroxylation is 1. The Labute approximate surface area is 103 Å². The number of amides is 1. The molecule has 1 aromatic rings. The van der Waals surface area contributed by atoms with Crippen LogP contribution in [0.3, 0.4) is 0 Å².